The third kappa shape index (κ3) is 3.37. The van der Waals surface area contributed by atoms with Crippen LogP contribution >= 0.6 is 0 Å². The molecule has 0 bridgehead atoms. The molecule has 0 spiro atoms. The van der Waals surface area contributed by atoms with Gasteiger partial charge in [-0.25, -0.2) is 4.39 Å². The monoisotopic (exact) mass is 369 g/mol. The number of benzene rings is 2. The molecule has 0 radical (unpaired) electrons. The molecule has 0 heterocycles. The van der Waals surface area contributed by atoms with E-state index in [0.29, 0.717) is 5.69 Å². The van der Waals surface area contributed by atoms with Gasteiger partial charge in [0, 0.05) is 19.8 Å². The lowest BCUT2D eigenvalue weighted by Gasteiger charge is -2.17. The SMILES string of the molecule is CN(C)C(=O)c1cccc(Nc2c(Nc3cccc(F)c3)c(=O)c2=O)c1O. The largest absolute Gasteiger partial charge is 0.505 e. The second kappa shape index (κ2) is 6.91. The first-order valence-electron chi connectivity index (χ1n) is 7.96. The van der Waals surface area contributed by atoms with Gasteiger partial charge in [0.1, 0.15) is 17.2 Å². The number of nitrogens with zero attached hydrogens (tertiary/aromatic N) is 1. The molecular formula is C19H16FN3O4. The molecule has 0 atom stereocenters. The number of halogens is 1. The summed E-state index contributed by atoms with van der Waals surface area (Å²) in [6.07, 6.45) is 0. The van der Waals surface area contributed by atoms with Crippen LogP contribution in [0.1, 0.15) is 10.4 Å². The molecule has 0 aliphatic carbocycles. The molecule has 27 heavy (non-hydrogen) atoms. The van der Waals surface area contributed by atoms with Crippen molar-refractivity contribution in [3.63, 3.8) is 0 Å². The molecule has 0 aliphatic heterocycles. The highest BCUT2D eigenvalue weighted by molar-refractivity contribution is 5.99. The Labute approximate surface area is 153 Å². The molecule has 0 aromatic heterocycles. The Bertz CT molecular complexity index is 1100. The molecule has 1 amide bonds. The van der Waals surface area contributed by atoms with Crippen molar-refractivity contribution in [1.29, 1.82) is 0 Å². The first-order chi connectivity index (χ1) is 12.8. The second-order valence-electron chi connectivity index (χ2n) is 6.07. The van der Waals surface area contributed by atoms with Gasteiger partial charge in [-0.3, -0.25) is 14.4 Å². The van der Waals surface area contributed by atoms with Crippen LogP contribution in [0.4, 0.5) is 27.1 Å². The number of phenols is 1. The van der Waals surface area contributed by atoms with Crippen molar-refractivity contribution in [2.45, 2.75) is 0 Å². The summed E-state index contributed by atoms with van der Waals surface area (Å²) >= 11 is 0. The average molecular weight is 369 g/mol. The van der Waals surface area contributed by atoms with E-state index < -0.39 is 22.6 Å². The molecule has 8 heteroatoms. The Kier molecular flexibility index (Phi) is 4.64. The highest BCUT2D eigenvalue weighted by Gasteiger charge is 2.23. The molecule has 0 fully saturated rings. The van der Waals surface area contributed by atoms with E-state index in [1.54, 1.807) is 14.1 Å². The van der Waals surface area contributed by atoms with Crippen LogP contribution in [0.25, 0.3) is 0 Å². The maximum atomic E-state index is 13.3. The molecule has 0 unspecified atom stereocenters. The predicted octanol–water partition coefficient (Wildman–Crippen LogP) is 2.32. The Morgan fingerprint density at radius 3 is 2.26 bits per heavy atom. The number of aromatic hydroxyl groups is 1. The topological polar surface area (TPSA) is 98.7 Å². The highest BCUT2D eigenvalue weighted by atomic mass is 19.1. The number of amides is 1. The standard InChI is InChI=1S/C19H16FN3O4/c1-23(2)19(27)12-7-4-8-13(16(12)24)22-15-14(17(25)18(15)26)21-11-6-3-5-10(20)9-11/h3-9,21-22,24H,1-2H3. The Morgan fingerprint density at radius 1 is 1.00 bits per heavy atom. The van der Waals surface area contributed by atoms with Gasteiger partial charge >= 0.3 is 0 Å². The van der Waals surface area contributed by atoms with Gasteiger partial charge in [-0.05, 0) is 30.3 Å². The number of hydrogen-bond acceptors (Lipinski definition) is 6. The summed E-state index contributed by atoms with van der Waals surface area (Å²) in [5.74, 6) is -1.26. The third-order valence-electron chi connectivity index (χ3n) is 3.94. The molecule has 0 saturated carbocycles. The minimum atomic E-state index is -0.780. The zero-order chi connectivity index (χ0) is 19.7. The van der Waals surface area contributed by atoms with Crippen molar-refractivity contribution in [3.05, 3.63) is 74.3 Å². The Hall–Kier alpha value is -3.68. The van der Waals surface area contributed by atoms with E-state index in [2.05, 4.69) is 10.6 Å². The van der Waals surface area contributed by atoms with E-state index in [0.717, 1.165) is 0 Å². The van der Waals surface area contributed by atoms with E-state index in [9.17, 15) is 23.9 Å². The van der Waals surface area contributed by atoms with Gasteiger partial charge < -0.3 is 20.6 Å². The summed E-state index contributed by atoms with van der Waals surface area (Å²) in [4.78, 5) is 37.2. The number of carbonyl (C=O) groups is 1. The minimum Gasteiger partial charge on any atom is -0.505 e. The molecule has 3 N–H and O–H groups in total. The first-order valence-corrected chi connectivity index (χ1v) is 7.96. The lowest BCUT2D eigenvalue weighted by molar-refractivity contribution is 0.0824. The molecule has 0 aliphatic rings. The number of carbonyl (C=O) groups excluding carboxylic acids is 1. The summed E-state index contributed by atoms with van der Waals surface area (Å²) in [7, 11) is 3.08. The van der Waals surface area contributed by atoms with E-state index in [4.69, 9.17) is 0 Å². The molecule has 138 valence electrons. The fourth-order valence-corrected chi connectivity index (χ4v) is 2.53. The van der Waals surface area contributed by atoms with Crippen molar-refractivity contribution < 1.29 is 14.3 Å². The number of rotatable bonds is 5. The lowest BCUT2D eigenvalue weighted by atomic mass is 10.1. The van der Waals surface area contributed by atoms with E-state index in [1.165, 1.54) is 47.4 Å². The lowest BCUT2D eigenvalue weighted by Crippen LogP contribution is -2.35. The fourth-order valence-electron chi connectivity index (χ4n) is 2.53. The second-order valence-corrected chi connectivity index (χ2v) is 6.07. The summed E-state index contributed by atoms with van der Waals surface area (Å²) in [5, 5.41) is 15.7. The van der Waals surface area contributed by atoms with Crippen LogP contribution in [0.5, 0.6) is 5.75 Å². The summed E-state index contributed by atoms with van der Waals surface area (Å²) in [5.41, 5.74) is -1.23. The zero-order valence-electron chi connectivity index (χ0n) is 14.5. The first kappa shape index (κ1) is 18.1. The van der Waals surface area contributed by atoms with Crippen LogP contribution in [0.3, 0.4) is 0 Å². The van der Waals surface area contributed by atoms with Crippen LogP contribution in [0.15, 0.2) is 52.1 Å². The molecule has 3 rings (SSSR count). The summed E-state index contributed by atoms with van der Waals surface area (Å²) in [6, 6.07) is 9.86. The van der Waals surface area contributed by atoms with Crippen LogP contribution in [0, 0.1) is 5.82 Å². The van der Waals surface area contributed by atoms with Gasteiger partial charge in [-0.15, -0.1) is 0 Å². The van der Waals surface area contributed by atoms with Gasteiger partial charge in [-0.1, -0.05) is 12.1 Å². The Morgan fingerprint density at radius 2 is 1.63 bits per heavy atom. The zero-order valence-corrected chi connectivity index (χ0v) is 14.5. The quantitative estimate of drug-likeness (QED) is 0.472. The molecule has 0 saturated heterocycles. The van der Waals surface area contributed by atoms with Gasteiger partial charge in [0.15, 0.2) is 5.75 Å². The van der Waals surface area contributed by atoms with Crippen molar-refractivity contribution in [2.24, 2.45) is 0 Å². The van der Waals surface area contributed by atoms with E-state index in [-0.39, 0.29) is 28.4 Å². The predicted molar refractivity (Wildman–Crippen MR) is 100 cm³/mol. The Balaban J connectivity index is 1.93. The number of nitrogens with one attached hydrogen (secondary N) is 2. The van der Waals surface area contributed by atoms with E-state index >= 15 is 0 Å². The van der Waals surface area contributed by atoms with Gasteiger partial charge in [-0.2, -0.15) is 0 Å². The molecule has 7 nitrogen and oxygen atoms in total. The van der Waals surface area contributed by atoms with Crippen molar-refractivity contribution in [2.75, 3.05) is 24.7 Å². The van der Waals surface area contributed by atoms with Crippen molar-refractivity contribution in [3.8, 4) is 5.75 Å². The fraction of sp³-hybridized carbons (Fsp3) is 0.105. The van der Waals surface area contributed by atoms with E-state index in [1.807, 2.05) is 0 Å². The molecular weight excluding hydrogens is 353 g/mol. The van der Waals surface area contributed by atoms with Crippen LogP contribution in [-0.2, 0) is 0 Å². The summed E-state index contributed by atoms with van der Waals surface area (Å²) < 4.78 is 13.3. The van der Waals surface area contributed by atoms with Gasteiger partial charge in [0.25, 0.3) is 16.8 Å². The normalized spacial score (nSPS) is 10.6. The van der Waals surface area contributed by atoms with Crippen LogP contribution in [-0.4, -0.2) is 30.0 Å². The number of para-hydroxylation sites is 1. The number of phenolic OH excluding ortho intramolecular Hbond substituents is 1. The van der Waals surface area contributed by atoms with Gasteiger partial charge in [0.2, 0.25) is 0 Å². The van der Waals surface area contributed by atoms with Crippen LogP contribution in [0.2, 0.25) is 0 Å². The highest BCUT2D eigenvalue weighted by Crippen LogP contribution is 2.32. The van der Waals surface area contributed by atoms with Crippen molar-refractivity contribution in [1.82, 2.24) is 4.90 Å². The summed E-state index contributed by atoms with van der Waals surface area (Å²) in [6.45, 7) is 0. The average Bonchev–Trinajstić information content (AvgIpc) is 2.64. The smallest absolute Gasteiger partial charge is 0.257 e. The molecule has 3 aromatic rings. The van der Waals surface area contributed by atoms with Gasteiger partial charge in [0.05, 0.1) is 11.3 Å². The van der Waals surface area contributed by atoms with Crippen LogP contribution < -0.4 is 21.5 Å². The number of anilines is 4. The number of hydrogen-bond donors (Lipinski definition) is 3. The molecule has 3 aromatic carbocycles. The maximum Gasteiger partial charge on any atom is 0.257 e. The maximum absolute atomic E-state index is 13.3. The third-order valence-corrected chi connectivity index (χ3v) is 3.94. The van der Waals surface area contributed by atoms with Crippen molar-refractivity contribution >= 4 is 28.7 Å². The minimum absolute atomic E-state index is 0.0448.